The molecule has 0 aliphatic heterocycles. The number of carbonyl (C=O) groups is 2. The molecule has 0 heterocycles. The number of hydrogen-bond donors (Lipinski definition) is 3. The zero-order chi connectivity index (χ0) is 18.2. The van der Waals surface area contributed by atoms with Gasteiger partial charge in [-0.05, 0) is 43.1 Å². The van der Waals surface area contributed by atoms with Crippen molar-refractivity contribution in [1.29, 1.82) is 0 Å². The predicted molar refractivity (Wildman–Crippen MR) is 102 cm³/mol. The van der Waals surface area contributed by atoms with Crippen molar-refractivity contribution in [3.8, 4) is 0 Å². The molecule has 2 amide bonds. The van der Waals surface area contributed by atoms with E-state index in [-0.39, 0.29) is 18.4 Å². The Labute approximate surface area is 154 Å². The van der Waals surface area contributed by atoms with Gasteiger partial charge in [-0.25, -0.2) is 0 Å². The lowest BCUT2D eigenvalue weighted by Crippen LogP contribution is -2.53. The van der Waals surface area contributed by atoms with Gasteiger partial charge in [-0.15, -0.1) is 0 Å². The van der Waals surface area contributed by atoms with Gasteiger partial charge in [0, 0.05) is 18.7 Å². The van der Waals surface area contributed by atoms with Crippen LogP contribution in [-0.2, 0) is 4.79 Å². The van der Waals surface area contributed by atoms with Gasteiger partial charge in [0.15, 0.2) is 5.11 Å². The smallest absolute Gasteiger partial charge is 0.257 e. The molecule has 1 aromatic carbocycles. The lowest BCUT2D eigenvalue weighted by Gasteiger charge is -2.30. The van der Waals surface area contributed by atoms with Crippen LogP contribution >= 0.6 is 12.2 Å². The first-order valence-corrected chi connectivity index (χ1v) is 9.04. The minimum Gasteiger partial charge on any atom is -0.358 e. The molecule has 1 saturated carbocycles. The number of nitrogens with one attached hydrogen (secondary N) is 3. The van der Waals surface area contributed by atoms with E-state index < -0.39 is 0 Å². The van der Waals surface area contributed by atoms with Crippen molar-refractivity contribution in [3.63, 3.8) is 0 Å². The average Bonchev–Trinajstić information content (AvgIpc) is 2.62. The van der Waals surface area contributed by atoms with Crippen molar-refractivity contribution in [2.75, 3.05) is 13.6 Å². The molecule has 0 aromatic heterocycles. The number of carbonyl (C=O) groups excluding carboxylic acids is 2. The standard InChI is InChI=1S/C18H26N4O2S/c1-13-8-6-7-11-15(13)19-18(25)21-20-16(23)12-22(2)17(24)14-9-4-3-5-10-14/h3-5,9-10,13,15H,6-8,11-12H2,1-2H3,(H,20,23)(H2,19,21,25). The monoisotopic (exact) mass is 362 g/mol. The maximum absolute atomic E-state index is 12.2. The van der Waals surface area contributed by atoms with Crippen LogP contribution in [0.1, 0.15) is 43.0 Å². The van der Waals surface area contributed by atoms with Gasteiger partial charge in [-0.2, -0.15) is 0 Å². The summed E-state index contributed by atoms with van der Waals surface area (Å²) in [7, 11) is 1.59. The molecule has 0 radical (unpaired) electrons. The van der Waals surface area contributed by atoms with E-state index in [0.29, 0.717) is 22.6 Å². The molecular weight excluding hydrogens is 336 g/mol. The van der Waals surface area contributed by atoms with E-state index in [2.05, 4.69) is 23.1 Å². The van der Waals surface area contributed by atoms with Crippen LogP contribution in [0.2, 0.25) is 0 Å². The number of nitrogens with zero attached hydrogens (tertiary/aromatic N) is 1. The summed E-state index contributed by atoms with van der Waals surface area (Å²) in [5.41, 5.74) is 5.80. The molecule has 2 atom stereocenters. The zero-order valence-electron chi connectivity index (χ0n) is 14.7. The molecule has 2 unspecified atom stereocenters. The summed E-state index contributed by atoms with van der Waals surface area (Å²) < 4.78 is 0. The molecule has 0 spiro atoms. The average molecular weight is 362 g/mol. The molecule has 2 rings (SSSR count). The topological polar surface area (TPSA) is 73.5 Å². The van der Waals surface area contributed by atoms with Gasteiger partial charge in [-0.3, -0.25) is 20.4 Å². The largest absolute Gasteiger partial charge is 0.358 e. The van der Waals surface area contributed by atoms with Crippen LogP contribution in [0.4, 0.5) is 0 Å². The second kappa shape index (κ2) is 9.36. The van der Waals surface area contributed by atoms with Crippen molar-refractivity contribution in [2.24, 2.45) is 5.92 Å². The molecule has 1 aliphatic rings. The Balaban J connectivity index is 1.72. The summed E-state index contributed by atoms with van der Waals surface area (Å²) in [6.45, 7) is 2.16. The highest BCUT2D eigenvalue weighted by molar-refractivity contribution is 7.80. The van der Waals surface area contributed by atoms with E-state index in [1.807, 2.05) is 6.07 Å². The Morgan fingerprint density at radius 2 is 1.84 bits per heavy atom. The fourth-order valence-corrected chi connectivity index (χ4v) is 3.19. The highest BCUT2D eigenvalue weighted by atomic mass is 32.1. The Morgan fingerprint density at radius 1 is 1.16 bits per heavy atom. The van der Waals surface area contributed by atoms with Crippen LogP contribution in [-0.4, -0.2) is 41.5 Å². The molecule has 7 heteroatoms. The fourth-order valence-electron chi connectivity index (χ4n) is 2.99. The second-order valence-corrected chi connectivity index (χ2v) is 6.95. The Hall–Kier alpha value is -2.15. The van der Waals surface area contributed by atoms with E-state index >= 15 is 0 Å². The zero-order valence-corrected chi connectivity index (χ0v) is 15.6. The molecule has 0 bridgehead atoms. The van der Waals surface area contributed by atoms with Crippen LogP contribution in [0, 0.1) is 5.92 Å². The van der Waals surface area contributed by atoms with Gasteiger partial charge in [0.1, 0.15) is 6.54 Å². The van der Waals surface area contributed by atoms with Crippen LogP contribution in [0.5, 0.6) is 0 Å². The number of thiocarbonyl (C=S) groups is 1. The van der Waals surface area contributed by atoms with Gasteiger partial charge in [0.05, 0.1) is 0 Å². The van der Waals surface area contributed by atoms with Crippen molar-refractivity contribution in [3.05, 3.63) is 35.9 Å². The first kappa shape index (κ1) is 19.2. The fraction of sp³-hybridized carbons (Fsp3) is 0.500. The first-order chi connectivity index (χ1) is 12.0. The van der Waals surface area contributed by atoms with Gasteiger partial charge in [0.2, 0.25) is 0 Å². The molecule has 1 aliphatic carbocycles. The van der Waals surface area contributed by atoms with Crippen LogP contribution in [0.3, 0.4) is 0 Å². The summed E-state index contributed by atoms with van der Waals surface area (Å²) in [5.74, 6) is 0.0407. The molecule has 25 heavy (non-hydrogen) atoms. The van der Waals surface area contributed by atoms with Gasteiger partial charge in [0.25, 0.3) is 11.8 Å². The predicted octanol–water partition coefficient (Wildman–Crippen LogP) is 1.83. The molecule has 1 fully saturated rings. The number of amides is 2. The third-order valence-corrected chi connectivity index (χ3v) is 4.71. The second-order valence-electron chi connectivity index (χ2n) is 6.54. The highest BCUT2D eigenvalue weighted by Gasteiger charge is 2.22. The minimum absolute atomic E-state index is 0.0524. The third kappa shape index (κ3) is 6.01. The number of hydrogen-bond acceptors (Lipinski definition) is 3. The summed E-state index contributed by atoms with van der Waals surface area (Å²) in [6.07, 6.45) is 4.74. The number of benzene rings is 1. The molecule has 6 nitrogen and oxygen atoms in total. The summed E-state index contributed by atoms with van der Waals surface area (Å²) in [5, 5.41) is 3.66. The van der Waals surface area contributed by atoms with Crippen molar-refractivity contribution in [1.82, 2.24) is 21.1 Å². The van der Waals surface area contributed by atoms with Crippen molar-refractivity contribution >= 4 is 29.1 Å². The molecular formula is C18H26N4O2S. The number of likely N-dealkylation sites (N-methyl/N-ethyl adjacent to an activating group) is 1. The highest BCUT2D eigenvalue weighted by Crippen LogP contribution is 2.23. The van der Waals surface area contributed by atoms with E-state index in [4.69, 9.17) is 12.2 Å². The summed E-state index contributed by atoms with van der Waals surface area (Å²) in [6, 6.07) is 9.21. The van der Waals surface area contributed by atoms with Crippen molar-refractivity contribution < 1.29 is 9.59 Å². The maximum Gasteiger partial charge on any atom is 0.257 e. The van der Waals surface area contributed by atoms with E-state index in [9.17, 15) is 9.59 Å². The SMILES string of the molecule is CC1CCCCC1NC(=S)NNC(=O)CN(C)C(=O)c1ccccc1. The van der Waals surface area contributed by atoms with Gasteiger partial charge >= 0.3 is 0 Å². The van der Waals surface area contributed by atoms with Gasteiger partial charge < -0.3 is 10.2 Å². The van der Waals surface area contributed by atoms with Gasteiger partial charge in [-0.1, -0.05) is 38.0 Å². The van der Waals surface area contributed by atoms with Crippen LogP contribution in [0.15, 0.2) is 30.3 Å². The normalized spacial score (nSPS) is 19.6. The quantitative estimate of drug-likeness (QED) is 0.563. The Kier molecular flexibility index (Phi) is 7.18. The lowest BCUT2D eigenvalue weighted by molar-refractivity contribution is -0.122. The third-order valence-electron chi connectivity index (χ3n) is 4.49. The maximum atomic E-state index is 12.2. The minimum atomic E-state index is -0.326. The summed E-state index contributed by atoms with van der Waals surface area (Å²) in [4.78, 5) is 25.6. The molecule has 1 aromatic rings. The van der Waals surface area contributed by atoms with E-state index in [1.54, 1.807) is 31.3 Å². The number of hydrazine groups is 1. The molecule has 3 N–H and O–H groups in total. The van der Waals surface area contributed by atoms with Crippen LogP contribution < -0.4 is 16.2 Å². The van der Waals surface area contributed by atoms with Crippen LogP contribution in [0.25, 0.3) is 0 Å². The Morgan fingerprint density at radius 3 is 2.52 bits per heavy atom. The summed E-state index contributed by atoms with van der Waals surface area (Å²) >= 11 is 5.23. The van der Waals surface area contributed by atoms with E-state index in [0.717, 1.165) is 6.42 Å². The Bertz CT molecular complexity index is 608. The number of rotatable bonds is 4. The van der Waals surface area contributed by atoms with Crippen molar-refractivity contribution in [2.45, 2.75) is 38.6 Å². The van der Waals surface area contributed by atoms with E-state index in [1.165, 1.54) is 24.2 Å². The molecule has 0 saturated heterocycles. The molecule has 136 valence electrons. The lowest BCUT2D eigenvalue weighted by atomic mass is 9.86. The first-order valence-electron chi connectivity index (χ1n) is 8.63.